The van der Waals surface area contributed by atoms with E-state index in [0.29, 0.717) is 0 Å². The number of thiophene rings is 4. The van der Waals surface area contributed by atoms with E-state index in [1.807, 2.05) is 45.3 Å². The van der Waals surface area contributed by atoms with Crippen LogP contribution in [0.15, 0.2) is 47.2 Å². The first-order valence-electron chi connectivity index (χ1n) is 6.90. The van der Waals surface area contributed by atoms with E-state index in [0.717, 1.165) is 0 Å². The minimum Gasteiger partial charge on any atom is -0.342 e. The van der Waals surface area contributed by atoms with Gasteiger partial charge in [0.25, 0.3) is 0 Å². The van der Waals surface area contributed by atoms with Crippen molar-refractivity contribution in [3.05, 3.63) is 47.2 Å². The number of rotatable bonds is 2. The lowest BCUT2D eigenvalue weighted by molar-refractivity contribution is 0.951. The van der Waals surface area contributed by atoms with Gasteiger partial charge in [-0.05, 0) is 47.2 Å². The van der Waals surface area contributed by atoms with Crippen molar-refractivity contribution in [2.75, 3.05) is 0 Å². The fourth-order valence-electron chi connectivity index (χ4n) is 2.79. The molecule has 0 atom stereocenters. The summed E-state index contributed by atoms with van der Waals surface area (Å²) in [6.07, 6.45) is 0. The standard InChI is InChI=1S/C17H11NS4/c1-18-10(14-8-16-12(21-14)4-6-19-16)2-3-11(18)15-9-17-13(22-15)5-7-20-17/h2-9H,1H3. The van der Waals surface area contributed by atoms with Gasteiger partial charge in [-0.15, -0.1) is 45.3 Å². The highest BCUT2D eigenvalue weighted by molar-refractivity contribution is 7.29. The summed E-state index contributed by atoms with van der Waals surface area (Å²) in [6.45, 7) is 0. The van der Waals surface area contributed by atoms with Gasteiger partial charge in [0.1, 0.15) is 0 Å². The molecule has 0 saturated heterocycles. The van der Waals surface area contributed by atoms with E-state index in [4.69, 9.17) is 0 Å². The summed E-state index contributed by atoms with van der Waals surface area (Å²) in [6, 6.07) is 13.6. The van der Waals surface area contributed by atoms with E-state index < -0.39 is 0 Å². The number of aromatic nitrogens is 1. The molecule has 5 rings (SSSR count). The predicted molar refractivity (Wildman–Crippen MR) is 103 cm³/mol. The molecule has 0 saturated carbocycles. The van der Waals surface area contributed by atoms with Crippen LogP contribution in [0.4, 0.5) is 0 Å². The average molecular weight is 358 g/mol. The lowest BCUT2D eigenvalue weighted by atomic mass is 10.3. The van der Waals surface area contributed by atoms with Gasteiger partial charge in [0.15, 0.2) is 0 Å². The lowest BCUT2D eigenvalue weighted by Gasteiger charge is -2.04. The van der Waals surface area contributed by atoms with Crippen molar-refractivity contribution in [1.82, 2.24) is 4.57 Å². The van der Waals surface area contributed by atoms with Crippen LogP contribution in [0.3, 0.4) is 0 Å². The van der Waals surface area contributed by atoms with Gasteiger partial charge >= 0.3 is 0 Å². The maximum absolute atomic E-state index is 2.32. The summed E-state index contributed by atoms with van der Waals surface area (Å²) >= 11 is 7.40. The quantitative estimate of drug-likeness (QED) is 0.323. The van der Waals surface area contributed by atoms with Crippen LogP contribution in [0.5, 0.6) is 0 Å². The van der Waals surface area contributed by atoms with Gasteiger partial charge in [-0.1, -0.05) is 0 Å². The Balaban J connectivity index is 1.65. The molecular weight excluding hydrogens is 346 g/mol. The fourth-order valence-corrected chi connectivity index (χ4v) is 7.13. The van der Waals surface area contributed by atoms with Crippen molar-refractivity contribution in [1.29, 1.82) is 0 Å². The molecule has 0 bridgehead atoms. The zero-order valence-corrected chi connectivity index (χ0v) is 15.0. The molecule has 5 heteroatoms. The molecule has 0 radical (unpaired) electrons. The molecule has 0 aliphatic rings. The molecule has 1 nitrogen and oxygen atoms in total. The topological polar surface area (TPSA) is 4.93 Å². The van der Waals surface area contributed by atoms with E-state index in [1.54, 1.807) is 0 Å². The maximum Gasteiger partial charge on any atom is 0.0585 e. The minimum atomic E-state index is 1.31. The van der Waals surface area contributed by atoms with Gasteiger partial charge in [0.05, 0.1) is 21.1 Å². The molecule has 0 amide bonds. The van der Waals surface area contributed by atoms with Crippen LogP contribution in [0.25, 0.3) is 39.9 Å². The van der Waals surface area contributed by atoms with Crippen molar-refractivity contribution in [3.8, 4) is 21.1 Å². The molecular formula is C17H11NS4. The van der Waals surface area contributed by atoms with Crippen LogP contribution in [0.2, 0.25) is 0 Å². The number of hydrogen-bond acceptors (Lipinski definition) is 4. The zero-order chi connectivity index (χ0) is 14.7. The van der Waals surface area contributed by atoms with Gasteiger partial charge in [-0.3, -0.25) is 0 Å². The van der Waals surface area contributed by atoms with Crippen LogP contribution in [0, 0.1) is 0 Å². The first kappa shape index (κ1) is 13.1. The summed E-state index contributed by atoms with van der Waals surface area (Å²) in [7, 11) is 2.17. The zero-order valence-electron chi connectivity index (χ0n) is 11.7. The lowest BCUT2D eigenvalue weighted by Crippen LogP contribution is -1.91. The van der Waals surface area contributed by atoms with E-state index in [-0.39, 0.29) is 0 Å². The van der Waals surface area contributed by atoms with Crippen molar-refractivity contribution < 1.29 is 0 Å². The highest BCUT2D eigenvalue weighted by atomic mass is 32.1. The molecule has 0 aromatic carbocycles. The Kier molecular flexibility index (Phi) is 2.85. The van der Waals surface area contributed by atoms with Crippen molar-refractivity contribution in [3.63, 3.8) is 0 Å². The van der Waals surface area contributed by atoms with Crippen LogP contribution in [0.1, 0.15) is 0 Å². The minimum absolute atomic E-state index is 1.31. The molecule has 0 fully saturated rings. The molecule has 0 aliphatic carbocycles. The average Bonchev–Trinajstić information content (AvgIpc) is 3.21. The Morgan fingerprint density at radius 3 is 1.64 bits per heavy atom. The predicted octanol–water partition coefficient (Wildman–Crippen LogP) is 6.91. The Bertz CT molecular complexity index is 955. The van der Waals surface area contributed by atoms with Crippen LogP contribution in [-0.4, -0.2) is 4.57 Å². The third-order valence-electron chi connectivity index (χ3n) is 3.91. The highest BCUT2D eigenvalue weighted by Gasteiger charge is 2.14. The maximum atomic E-state index is 2.32. The Labute approximate surface area is 143 Å². The first-order chi connectivity index (χ1) is 10.8. The third-order valence-corrected chi connectivity index (χ3v) is 8.14. The SMILES string of the molecule is Cn1c(-c2cc3sccc3s2)ccc1-c1cc2sccc2s1. The molecule has 0 N–H and O–H groups in total. The molecule has 5 aromatic rings. The first-order valence-corrected chi connectivity index (χ1v) is 10.3. The van der Waals surface area contributed by atoms with Crippen molar-refractivity contribution >= 4 is 64.1 Å². The van der Waals surface area contributed by atoms with E-state index in [2.05, 4.69) is 58.8 Å². The van der Waals surface area contributed by atoms with E-state index in [9.17, 15) is 0 Å². The Hall–Kier alpha value is -1.40. The summed E-state index contributed by atoms with van der Waals surface area (Å²) in [5, 5.41) is 4.33. The van der Waals surface area contributed by atoms with Crippen LogP contribution >= 0.6 is 45.3 Å². The molecule has 108 valence electrons. The number of hydrogen-bond donors (Lipinski definition) is 0. The van der Waals surface area contributed by atoms with Gasteiger partial charge in [-0.25, -0.2) is 0 Å². The second-order valence-electron chi connectivity index (χ2n) is 5.18. The Morgan fingerprint density at radius 1 is 0.682 bits per heavy atom. The summed E-state index contributed by atoms with van der Waals surface area (Å²) in [5.74, 6) is 0. The normalized spacial score (nSPS) is 11.9. The van der Waals surface area contributed by atoms with Crippen molar-refractivity contribution in [2.24, 2.45) is 7.05 Å². The highest BCUT2D eigenvalue weighted by Crippen LogP contribution is 2.40. The smallest absolute Gasteiger partial charge is 0.0585 e. The molecule has 0 spiro atoms. The second kappa shape index (κ2) is 4.80. The van der Waals surface area contributed by atoms with Gasteiger partial charge < -0.3 is 4.57 Å². The largest absolute Gasteiger partial charge is 0.342 e. The van der Waals surface area contributed by atoms with Crippen molar-refractivity contribution in [2.45, 2.75) is 0 Å². The van der Waals surface area contributed by atoms with Gasteiger partial charge in [0.2, 0.25) is 0 Å². The number of fused-ring (bicyclic) bond motifs is 2. The number of nitrogens with zero attached hydrogens (tertiary/aromatic N) is 1. The monoisotopic (exact) mass is 357 g/mol. The fraction of sp³-hybridized carbons (Fsp3) is 0.0588. The Morgan fingerprint density at radius 2 is 1.18 bits per heavy atom. The van der Waals surface area contributed by atoms with Crippen LogP contribution < -0.4 is 0 Å². The van der Waals surface area contributed by atoms with Crippen LogP contribution in [-0.2, 0) is 7.05 Å². The molecule has 5 aromatic heterocycles. The molecule has 0 unspecified atom stereocenters. The summed E-state index contributed by atoms with van der Waals surface area (Å²) in [5.41, 5.74) is 2.61. The van der Waals surface area contributed by atoms with Gasteiger partial charge in [0, 0.05) is 25.8 Å². The van der Waals surface area contributed by atoms with E-state index in [1.165, 1.54) is 39.9 Å². The molecule has 5 heterocycles. The summed E-state index contributed by atoms with van der Waals surface area (Å²) in [4.78, 5) is 2.71. The van der Waals surface area contributed by atoms with E-state index >= 15 is 0 Å². The third kappa shape index (κ3) is 1.86. The van der Waals surface area contributed by atoms with Gasteiger partial charge in [-0.2, -0.15) is 0 Å². The summed E-state index contributed by atoms with van der Waals surface area (Å²) < 4.78 is 7.88. The molecule has 22 heavy (non-hydrogen) atoms. The second-order valence-corrected chi connectivity index (χ2v) is 9.25. The molecule has 0 aliphatic heterocycles.